The number of aryl methyl sites for hydroxylation is 1. The summed E-state index contributed by atoms with van der Waals surface area (Å²) in [4.78, 5) is 4.28. The van der Waals surface area contributed by atoms with E-state index in [4.69, 9.17) is 10.5 Å². The monoisotopic (exact) mass is 270 g/mol. The van der Waals surface area contributed by atoms with Crippen LogP contribution in [0.5, 0.6) is 5.75 Å². The van der Waals surface area contributed by atoms with Crippen molar-refractivity contribution < 1.29 is 4.74 Å². The van der Waals surface area contributed by atoms with Crippen molar-refractivity contribution >= 4 is 0 Å². The molecule has 0 aliphatic heterocycles. The largest absolute Gasteiger partial charge is 0.487 e. The van der Waals surface area contributed by atoms with Crippen molar-refractivity contribution in [3.8, 4) is 5.75 Å². The topological polar surface area (TPSA) is 48.1 Å². The van der Waals surface area contributed by atoms with Gasteiger partial charge in [0.1, 0.15) is 12.4 Å². The summed E-state index contributed by atoms with van der Waals surface area (Å²) in [5, 5.41) is 0. The first kappa shape index (κ1) is 14.5. The van der Waals surface area contributed by atoms with Crippen molar-refractivity contribution in [1.82, 2.24) is 4.98 Å². The molecule has 2 rings (SSSR count). The summed E-state index contributed by atoms with van der Waals surface area (Å²) in [5.74, 6) is 0.946. The number of nitrogens with zero attached hydrogens (tertiary/aromatic N) is 1. The van der Waals surface area contributed by atoms with E-state index < -0.39 is 0 Å². The van der Waals surface area contributed by atoms with Crippen LogP contribution in [-0.2, 0) is 13.0 Å². The maximum atomic E-state index is 6.06. The van der Waals surface area contributed by atoms with Gasteiger partial charge in [-0.1, -0.05) is 31.2 Å². The van der Waals surface area contributed by atoms with Crippen LogP contribution in [0.3, 0.4) is 0 Å². The number of rotatable bonds is 6. The first-order valence-corrected chi connectivity index (χ1v) is 7.07. The van der Waals surface area contributed by atoms with E-state index in [0.29, 0.717) is 6.61 Å². The molecule has 0 amide bonds. The summed E-state index contributed by atoms with van der Waals surface area (Å²) in [6.07, 6.45) is 3.59. The molecular weight excluding hydrogens is 248 g/mol. The standard InChI is InChI=1S/C17H22N2O/c1-3-15(18)11-14-8-6-7-13(2)17(14)20-12-16-9-4-5-10-19-16/h4-10,15H,3,11-12,18H2,1-2H3. The third kappa shape index (κ3) is 3.81. The summed E-state index contributed by atoms with van der Waals surface area (Å²) in [6, 6.07) is 12.2. The molecule has 1 unspecified atom stereocenters. The van der Waals surface area contributed by atoms with Crippen LogP contribution in [0.2, 0.25) is 0 Å². The Labute approximate surface area is 120 Å². The Balaban J connectivity index is 2.13. The van der Waals surface area contributed by atoms with Gasteiger partial charge < -0.3 is 10.5 Å². The number of benzene rings is 1. The summed E-state index contributed by atoms with van der Waals surface area (Å²) in [7, 11) is 0. The highest BCUT2D eigenvalue weighted by atomic mass is 16.5. The van der Waals surface area contributed by atoms with Crippen LogP contribution in [0.1, 0.15) is 30.2 Å². The number of para-hydroxylation sites is 1. The SMILES string of the molecule is CCC(N)Cc1cccc(C)c1OCc1ccccn1. The molecule has 1 heterocycles. The molecule has 106 valence electrons. The average molecular weight is 270 g/mol. The fraction of sp³-hybridized carbons (Fsp3) is 0.353. The van der Waals surface area contributed by atoms with Crippen molar-refractivity contribution in [3.63, 3.8) is 0 Å². The number of hydrogen-bond acceptors (Lipinski definition) is 3. The average Bonchev–Trinajstić information content (AvgIpc) is 2.47. The summed E-state index contributed by atoms with van der Waals surface area (Å²) in [5.41, 5.74) is 9.31. The van der Waals surface area contributed by atoms with Gasteiger partial charge in [-0.05, 0) is 43.0 Å². The molecule has 3 nitrogen and oxygen atoms in total. The van der Waals surface area contributed by atoms with Gasteiger partial charge in [0, 0.05) is 12.2 Å². The second-order valence-corrected chi connectivity index (χ2v) is 5.05. The number of hydrogen-bond donors (Lipinski definition) is 1. The van der Waals surface area contributed by atoms with E-state index in [9.17, 15) is 0 Å². The van der Waals surface area contributed by atoms with Gasteiger partial charge in [0.2, 0.25) is 0 Å². The quantitative estimate of drug-likeness (QED) is 0.876. The van der Waals surface area contributed by atoms with Gasteiger partial charge in [-0.15, -0.1) is 0 Å². The second-order valence-electron chi connectivity index (χ2n) is 5.05. The zero-order valence-electron chi connectivity index (χ0n) is 12.2. The molecule has 1 aromatic heterocycles. The minimum Gasteiger partial charge on any atom is -0.487 e. The van der Waals surface area contributed by atoms with Crippen LogP contribution >= 0.6 is 0 Å². The zero-order chi connectivity index (χ0) is 14.4. The molecule has 20 heavy (non-hydrogen) atoms. The van der Waals surface area contributed by atoms with E-state index >= 15 is 0 Å². The van der Waals surface area contributed by atoms with Gasteiger partial charge in [-0.2, -0.15) is 0 Å². The van der Waals surface area contributed by atoms with Gasteiger partial charge >= 0.3 is 0 Å². The lowest BCUT2D eigenvalue weighted by atomic mass is 10.0. The van der Waals surface area contributed by atoms with Crippen molar-refractivity contribution in [3.05, 3.63) is 59.4 Å². The first-order valence-electron chi connectivity index (χ1n) is 7.07. The smallest absolute Gasteiger partial charge is 0.130 e. The highest BCUT2D eigenvalue weighted by Crippen LogP contribution is 2.25. The van der Waals surface area contributed by atoms with E-state index in [-0.39, 0.29) is 6.04 Å². The van der Waals surface area contributed by atoms with E-state index in [1.807, 2.05) is 18.2 Å². The molecule has 0 aliphatic carbocycles. The number of ether oxygens (including phenoxy) is 1. The first-order chi connectivity index (χ1) is 9.70. The number of aromatic nitrogens is 1. The third-order valence-corrected chi connectivity index (χ3v) is 3.39. The summed E-state index contributed by atoms with van der Waals surface area (Å²) < 4.78 is 5.98. The third-order valence-electron chi connectivity index (χ3n) is 3.39. The molecule has 3 heteroatoms. The van der Waals surface area contributed by atoms with E-state index in [1.54, 1.807) is 6.20 Å². The lowest BCUT2D eigenvalue weighted by molar-refractivity contribution is 0.295. The molecule has 1 atom stereocenters. The molecule has 0 fully saturated rings. The fourth-order valence-electron chi connectivity index (χ4n) is 2.14. The summed E-state index contributed by atoms with van der Waals surface area (Å²) in [6.45, 7) is 4.66. The fourth-order valence-corrected chi connectivity index (χ4v) is 2.14. The van der Waals surface area contributed by atoms with Crippen LogP contribution in [0.15, 0.2) is 42.6 Å². The maximum absolute atomic E-state index is 6.06. The van der Waals surface area contributed by atoms with E-state index in [1.165, 1.54) is 5.56 Å². The molecule has 0 spiro atoms. The second kappa shape index (κ2) is 7.06. The Morgan fingerprint density at radius 1 is 1.20 bits per heavy atom. The van der Waals surface area contributed by atoms with Gasteiger partial charge in [-0.3, -0.25) is 4.98 Å². The maximum Gasteiger partial charge on any atom is 0.130 e. The number of pyridine rings is 1. The Hall–Kier alpha value is -1.87. The van der Waals surface area contributed by atoms with Crippen molar-refractivity contribution in [1.29, 1.82) is 0 Å². The molecule has 2 N–H and O–H groups in total. The van der Waals surface area contributed by atoms with Gasteiger partial charge in [0.05, 0.1) is 5.69 Å². The molecule has 0 saturated heterocycles. The minimum atomic E-state index is 0.175. The van der Waals surface area contributed by atoms with Gasteiger partial charge in [-0.25, -0.2) is 0 Å². The van der Waals surface area contributed by atoms with Gasteiger partial charge in [0.25, 0.3) is 0 Å². The highest BCUT2D eigenvalue weighted by molar-refractivity contribution is 5.41. The molecule has 0 saturated carbocycles. The Morgan fingerprint density at radius 2 is 2.05 bits per heavy atom. The van der Waals surface area contributed by atoms with Crippen LogP contribution in [0, 0.1) is 6.92 Å². The molecule has 0 bridgehead atoms. The molecule has 2 aromatic rings. The lowest BCUT2D eigenvalue weighted by Crippen LogP contribution is -2.21. The Morgan fingerprint density at radius 3 is 2.75 bits per heavy atom. The van der Waals surface area contributed by atoms with Crippen molar-refractivity contribution in [2.75, 3.05) is 0 Å². The molecule has 0 radical (unpaired) electrons. The predicted molar refractivity (Wildman–Crippen MR) is 81.7 cm³/mol. The normalized spacial score (nSPS) is 12.2. The predicted octanol–water partition coefficient (Wildman–Crippen LogP) is 3.25. The lowest BCUT2D eigenvalue weighted by Gasteiger charge is -2.16. The highest BCUT2D eigenvalue weighted by Gasteiger charge is 2.10. The van der Waals surface area contributed by atoms with Crippen LogP contribution in [-0.4, -0.2) is 11.0 Å². The van der Waals surface area contributed by atoms with Crippen molar-refractivity contribution in [2.24, 2.45) is 5.73 Å². The van der Waals surface area contributed by atoms with Crippen LogP contribution < -0.4 is 10.5 Å². The Bertz CT molecular complexity index is 540. The molecular formula is C17H22N2O. The zero-order valence-corrected chi connectivity index (χ0v) is 12.2. The Kier molecular flexibility index (Phi) is 5.13. The minimum absolute atomic E-state index is 0.175. The van der Waals surface area contributed by atoms with Crippen molar-refractivity contribution in [2.45, 2.75) is 39.3 Å². The van der Waals surface area contributed by atoms with E-state index in [0.717, 1.165) is 29.8 Å². The van der Waals surface area contributed by atoms with E-state index in [2.05, 4.69) is 37.0 Å². The van der Waals surface area contributed by atoms with Gasteiger partial charge in [0.15, 0.2) is 0 Å². The molecule has 1 aromatic carbocycles. The molecule has 0 aliphatic rings. The number of nitrogens with two attached hydrogens (primary N) is 1. The summed E-state index contributed by atoms with van der Waals surface area (Å²) >= 11 is 0. The van der Waals surface area contributed by atoms with Crippen LogP contribution in [0.4, 0.5) is 0 Å². The van der Waals surface area contributed by atoms with Crippen LogP contribution in [0.25, 0.3) is 0 Å².